The fourth-order valence-electron chi connectivity index (χ4n) is 4.49. The van der Waals surface area contributed by atoms with Crippen molar-refractivity contribution in [2.45, 2.75) is 25.2 Å². The Bertz CT molecular complexity index is 1540. The number of rotatable bonds is 6. The summed E-state index contributed by atoms with van der Waals surface area (Å²) < 4.78 is 47.5. The Morgan fingerprint density at radius 3 is 2.57 bits per heavy atom. The first-order chi connectivity index (χ1) is 17.7. The minimum Gasteiger partial charge on any atom is -0.463 e. The first kappa shape index (κ1) is 25.2. The van der Waals surface area contributed by atoms with Crippen LogP contribution < -0.4 is 5.01 Å². The molecule has 3 heterocycles. The zero-order chi connectivity index (χ0) is 26.2. The van der Waals surface area contributed by atoms with Gasteiger partial charge in [-0.05, 0) is 72.9 Å². The fourth-order valence-corrected chi connectivity index (χ4v) is 7.11. The molecule has 0 aliphatic carbocycles. The molecule has 4 aromatic rings. The molecule has 0 radical (unpaired) electrons. The van der Waals surface area contributed by atoms with Gasteiger partial charge < -0.3 is 4.42 Å². The van der Waals surface area contributed by atoms with E-state index in [1.807, 2.05) is 13.8 Å². The first-order valence-electron chi connectivity index (χ1n) is 11.8. The first-order valence-corrected chi connectivity index (χ1v) is 14.0. The quantitative estimate of drug-likeness (QED) is 0.242. The summed E-state index contributed by atoms with van der Waals surface area (Å²) in [4.78, 5) is 18.1. The van der Waals surface area contributed by atoms with Crippen LogP contribution in [0.2, 0.25) is 0 Å². The number of halogens is 1. The number of sulfonamides is 1. The maximum absolute atomic E-state index is 13.7. The molecule has 1 fully saturated rings. The van der Waals surface area contributed by atoms with E-state index in [-0.39, 0.29) is 27.4 Å². The number of nitrogens with zero attached hydrogens (tertiary/aromatic N) is 4. The molecule has 2 atom stereocenters. The molecule has 2 aromatic heterocycles. The number of hydrogen-bond donors (Lipinski definition) is 0. The average molecular weight is 541 g/mol. The van der Waals surface area contributed by atoms with Gasteiger partial charge in [0, 0.05) is 18.7 Å². The van der Waals surface area contributed by atoms with Gasteiger partial charge in [-0.25, -0.2) is 17.8 Å². The summed E-state index contributed by atoms with van der Waals surface area (Å²) in [7, 11) is -3.68. The summed E-state index contributed by atoms with van der Waals surface area (Å²) in [6, 6.07) is 13.4. The number of anilines is 1. The van der Waals surface area contributed by atoms with Gasteiger partial charge >= 0.3 is 0 Å². The lowest BCUT2D eigenvalue weighted by Gasteiger charge is -2.34. The number of aromatic nitrogens is 1. The summed E-state index contributed by atoms with van der Waals surface area (Å²) in [5.41, 5.74) is 0.750. The van der Waals surface area contributed by atoms with Gasteiger partial charge in [0.1, 0.15) is 11.6 Å². The molecule has 1 amide bonds. The molecule has 192 valence electrons. The minimum absolute atomic E-state index is 0.131. The fraction of sp³-hybridized carbons (Fsp3) is 0.269. The number of thiazole rings is 1. The zero-order valence-corrected chi connectivity index (χ0v) is 21.9. The topological polar surface area (TPSA) is 96.1 Å². The van der Waals surface area contributed by atoms with Crippen LogP contribution in [0.3, 0.4) is 0 Å². The Labute approximate surface area is 218 Å². The summed E-state index contributed by atoms with van der Waals surface area (Å²) in [6.07, 6.45) is 3.85. The number of hydrazone groups is 1. The van der Waals surface area contributed by atoms with Crippen LogP contribution in [0, 0.1) is 17.7 Å². The zero-order valence-electron chi connectivity index (χ0n) is 20.2. The van der Waals surface area contributed by atoms with Gasteiger partial charge in [0.05, 0.1) is 27.6 Å². The van der Waals surface area contributed by atoms with Crippen LogP contribution in [-0.4, -0.2) is 42.9 Å². The van der Waals surface area contributed by atoms with Crippen LogP contribution in [0.25, 0.3) is 10.2 Å². The molecule has 0 N–H and O–H groups in total. The smallest absolute Gasteiger partial charge is 0.280 e. The maximum atomic E-state index is 13.7. The van der Waals surface area contributed by atoms with E-state index in [1.165, 1.54) is 59.2 Å². The number of furan rings is 1. The third-order valence-electron chi connectivity index (χ3n) is 6.13. The Kier molecular flexibility index (Phi) is 6.93. The second-order valence-corrected chi connectivity index (χ2v) is 12.2. The normalized spacial score (nSPS) is 19.0. The van der Waals surface area contributed by atoms with E-state index in [9.17, 15) is 17.6 Å². The van der Waals surface area contributed by atoms with Crippen molar-refractivity contribution in [3.05, 3.63) is 78.0 Å². The number of hydrogen-bond acceptors (Lipinski definition) is 7. The Morgan fingerprint density at radius 1 is 1.16 bits per heavy atom. The molecule has 0 saturated carbocycles. The third-order valence-corrected chi connectivity index (χ3v) is 8.97. The highest BCUT2D eigenvalue weighted by Gasteiger charge is 2.32. The number of fused-ring (bicyclic) bond motifs is 1. The highest BCUT2D eigenvalue weighted by molar-refractivity contribution is 7.89. The molecule has 11 heteroatoms. The van der Waals surface area contributed by atoms with Gasteiger partial charge in [-0.2, -0.15) is 14.4 Å². The van der Waals surface area contributed by atoms with Crippen LogP contribution in [0.4, 0.5) is 9.52 Å². The van der Waals surface area contributed by atoms with E-state index in [1.54, 1.807) is 12.1 Å². The number of carbonyl (C=O) groups excluding carboxylic acids is 1. The number of amides is 1. The van der Waals surface area contributed by atoms with Gasteiger partial charge in [-0.1, -0.05) is 25.2 Å². The standard InChI is InChI=1S/C26H25FN4O4S2/c1-17-12-18(2)16-30(15-17)37(33,34)22-8-5-19(6-9-22)25(32)31(28-14-21-4-3-11-35-21)26-29-23-10-7-20(27)13-24(23)36-26/h3-11,13-14,17-18H,12,15-16H2,1-2H3/b28-14+. The Balaban J connectivity index is 1.45. The third kappa shape index (κ3) is 5.34. The summed E-state index contributed by atoms with van der Waals surface area (Å²) in [6.45, 7) is 5.05. The molecular weight excluding hydrogens is 515 g/mol. The molecule has 2 aromatic carbocycles. The van der Waals surface area contributed by atoms with Crippen molar-refractivity contribution in [2.75, 3.05) is 18.1 Å². The number of carbonyl (C=O) groups is 1. The van der Waals surface area contributed by atoms with Crippen molar-refractivity contribution < 1.29 is 22.0 Å². The largest absolute Gasteiger partial charge is 0.463 e. The molecule has 37 heavy (non-hydrogen) atoms. The summed E-state index contributed by atoms with van der Waals surface area (Å²) in [5, 5.41) is 5.62. The van der Waals surface area contributed by atoms with Crippen LogP contribution in [0.15, 0.2) is 75.3 Å². The van der Waals surface area contributed by atoms with Crippen molar-refractivity contribution in [2.24, 2.45) is 16.9 Å². The number of benzene rings is 2. The minimum atomic E-state index is -3.68. The van der Waals surface area contributed by atoms with Crippen molar-refractivity contribution >= 4 is 48.8 Å². The van der Waals surface area contributed by atoms with Crippen LogP contribution >= 0.6 is 11.3 Å². The van der Waals surface area contributed by atoms with E-state index in [2.05, 4.69) is 10.1 Å². The Hall–Kier alpha value is -3.41. The lowest BCUT2D eigenvalue weighted by Crippen LogP contribution is -2.42. The summed E-state index contributed by atoms with van der Waals surface area (Å²) >= 11 is 1.11. The molecule has 8 nitrogen and oxygen atoms in total. The second kappa shape index (κ2) is 10.2. The molecule has 0 bridgehead atoms. The van der Waals surface area contributed by atoms with E-state index >= 15 is 0 Å². The molecule has 1 aliphatic heterocycles. The molecule has 2 unspecified atom stereocenters. The van der Waals surface area contributed by atoms with Crippen LogP contribution in [0.1, 0.15) is 36.4 Å². The molecule has 0 spiro atoms. The van der Waals surface area contributed by atoms with Gasteiger partial charge in [-0.3, -0.25) is 4.79 Å². The van der Waals surface area contributed by atoms with Crippen LogP contribution in [-0.2, 0) is 10.0 Å². The molecular formula is C26H25FN4O4S2. The predicted molar refractivity (Wildman–Crippen MR) is 141 cm³/mol. The Morgan fingerprint density at radius 2 is 1.89 bits per heavy atom. The highest BCUT2D eigenvalue weighted by Crippen LogP contribution is 2.31. The number of piperidine rings is 1. The van der Waals surface area contributed by atoms with E-state index in [0.29, 0.717) is 29.1 Å². The predicted octanol–water partition coefficient (Wildman–Crippen LogP) is 5.38. The van der Waals surface area contributed by atoms with E-state index in [0.717, 1.165) is 22.8 Å². The van der Waals surface area contributed by atoms with Crippen LogP contribution in [0.5, 0.6) is 0 Å². The van der Waals surface area contributed by atoms with Gasteiger partial charge in [-0.15, -0.1) is 0 Å². The van der Waals surface area contributed by atoms with E-state index in [4.69, 9.17) is 4.42 Å². The lowest BCUT2D eigenvalue weighted by atomic mass is 9.94. The average Bonchev–Trinajstić information content (AvgIpc) is 3.53. The molecule has 1 saturated heterocycles. The molecule has 1 aliphatic rings. The van der Waals surface area contributed by atoms with Crippen molar-refractivity contribution in [3.8, 4) is 0 Å². The van der Waals surface area contributed by atoms with Crippen molar-refractivity contribution in [1.82, 2.24) is 9.29 Å². The summed E-state index contributed by atoms with van der Waals surface area (Å²) in [5.74, 6) is 0.0568. The lowest BCUT2D eigenvalue weighted by molar-refractivity contribution is 0.0987. The monoisotopic (exact) mass is 540 g/mol. The van der Waals surface area contributed by atoms with E-state index < -0.39 is 21.7 Å². The van der Waals surface area contributed by atoms with Gasteiger partial charge in [0.25, 0.3) is 5.91 Å². The highest BCUT2D eigenvalue weighted by atomic mass is 32.2. The SMILES string of the molecule is CC1CC(C)CN(S(=O)(=O)c2ccc(C(=O)N(/N=C/c3ccco3)c3nc4ccc(F)cc4s3)cc2)C1. The second-order valence-electron chi connectivity index (χ2n) is 9.28. The van der Waals surface area contributed by atoms with Crippen molar-refractivity contribution in [1.29, 1.82) is 0 Å². The molecule has 5 rings (SSSR count). The van der Waals surface area contributed by atoms with Gasteiger partial charge in [0.15, 0.2) is 0 Å². The van der Waals surface area contributed by atoms with Gasteiger partial charge in [0.2, 0.25) is 15.2 Å². The van der Waals surface area contributed by atoms with Crippen molar-refractivity contribution in [3.63, 3.8) is 0 Å². The maximum Gasteiger partial charge on any atom is 0.280 e.